The number of nitrogens with two attached hydrogens (primary N) is 1. The maximum atomic E-state index is 11.6. The van der Waals surface area contributed by atoms with Crippen molar-refractivity contribution >= 4 is 11.7 Å². The maximum Gasteiger partial charge on any atom is 0.309 e. The second-order valence-corrected chi connectivity index (χ2v) is 4.29. The van der Waals surface area contributed by atoms with E-state index in [9.17, 15) is 4.79 Å². The van der Waals surface area contributed by atoms with Crippen LogP contribution in [-0.2, 0) is 22.7 Å². The molecule has 0 atom stereocenters. The van der Waals surface area contributed by atoms with E-state index in [4.69, 9.17) is 15.2 Å². The van der Waals surface area contributed by atoms with E-state index >= 15 is 0 Å². The van der Waals surface area contributed by atoms with Crippen LogP contribution in [0.1, 0.15) is 19.2 Å². The molecule has 2 aromatic rings. The van der Waals surface area contributed by atoms with Crippen molar-refractivity contribution in [2.45, 2.75) is 26.5 Å². The first-order valence-electron chi connectivity index (χ1n) is 6.70. The lowest BCUT2D eigenvalue weighted by molar-refractivity contribution is -0.145. The van der Waals surface area contributed by atoms with Crippen LogP contribution in [0.4, 0.5) is 5.69 Å². The van der Waals surface area contributed by atoms with E-state index in [2.05, 4.69) is 10.1 Å². The second kappa shape index (κ2) is 7.28. The van der Waals surface area contributed by atoms with E-state index in [0.29, 0.717) is 23.8 Å². The maximum absolute atomic E-state index is 11.6. The molecule has 0 amide bonds. The van der Waals surface area contributed by atoms with Crippen molar-refractivity contribution in [2.24, 2.45) is 0 Å². The standard InChI is InChI=1S/C14H18N4O3/c1-2-18-13(16-10-17-18)9-21-14(19)7-8-20-12-6-4-3-5-11(12)15/h3-6,10H,2,7-9,15H2,1H3. The van der Waals surface area contributed by atoms with Crippen LogP contribution in [0.25, 0.3) is 0 Å². The average molecular weight is 290 g/mol. The number of carbonyl (C=O) groups excluding carboxylic acids is 1. The summed E-state index contributed by atoms with van der Waals surface area (Å²) in [5.74, 6) is 0.838. The molecule has 0 aliphatic carbocycles. The normalized spacial score (nSPS) is 10.3. The van der Waals surface area contributed by atoms with E-state index in [1.54, 1.807) is 16.8 Å². The zero-order valence-corrected chi connectivity index (χ0v) is 11.9. The fourth-order valence-electron chi connectivity index (χ4n) is 1.74. The summed E-state index contributed by atoms with van der Waals surface area (Å²) >= 11 is 0. The van der Waals surface area contributed by atoms with Gasteiger partial charge in [0.05, 0.1) is 18.7 Å². The first kappa shape index (κ1) is 14.8. The van der Waals surface area contributed by atoms with Crippen LogP contribution in [0.3, 0.4) is 0 Å². The largest absolute Gasteiger partial charge is 0.491 e. The highest BCUT2D eigenvalue weighted by Crippen LogP contribution is 2.19. The van der Waals surface area contributed by atoms with Crippen molar-refractivity contribution in [3.8, 4) is 5.75 Å². The van der Waals surface area contributed by atoms with Gasteiger partial charge in [-0.1, -0.05) is 12.1 Å². The summed E-state index contributed by atoms with van der Waals surface area (Å²) in [6.45, 7) is 2.95. The molecule has 0 saturated heterocycles. The summed E-state index contributed by atoms with van der Waals surface area (Å²) in [4.78, 5) is 15.6. The van der Waals surface area contributed by atoms with Crippen molar-refractivity contribution in [1.82, 2.24) is 14.8 Å². The number of hydrogen-bond donors (Lipinski definition) is 1. The Kier molecular flexibility index (Phi) is 5.14. The van der Waals surface area contributed by atoms with Gasteiger partial charge in [0.1, 0.15) is 12.1 Å². The highest BCUT2D eigenvalue weighted by Gasteiger charge is 2.08. The summed E-state index contributed by atoms with van der Waals surface area (Å²) in [6.07, 6.45) is 1.59. The summed E-state index contributed by atoms with van der Waals surface area (Å²) in [6, 6.07) is 7.14. The number of anilines is 1. The van der Waals surface area contributed by atoms with E-state index in [1.165, 1.54) is 6.33 Å². The van der Waals surface area contributed by atoms with Crippen molar-refractivity contribution in [1.29, 1.82) is 0 Å². The number of aryl methyl sites for hydroxylation is 1. The molecule has 0 unspecified atom stereocenters. The van der Waals surface area contributed by atoms with Crippen LogP contribution < -0.4 is 10.5 Å². The van der Waals surface area contributed by atoms with Crippen molar-refractivity contribution in [3.63, 3.8) is 0 Å². The molecule has 0 radical (unpaired) electrons. The Bertz CT molecular complexity index is 597. The van der Waals surface area contributed by atoms with Gasteiger partial charge < -0.3 is 15.2 Å². The van der Waals surface area contributed by atoms with Crippen molar-refractivity contribution in [2.75, 3.05) is 12.3 Å². The Morgan fingerprint density at radius 1 is 1.38 bits per heavy atom. The van der Waals surface area contributed by atoms with Gasteiger partial charge in [0.2, 0.25) is 0 Å². The van der Waals surface area contributed by atoms with Gasteiger partial charge in [-0.05, 0) is 19.1 Å². The number of aromatic nitrogens is 3. The lowest BCUT2D eigenvalue weighted by Gasteiger charge is -2.08. The average Bonchev–Trinajstić information content (AvgIpc) is 2.94. The number of carbonyl (C=O) groups is 1. The molecule has 0 aliphatic rings. The number of nitrogens with zero attached hydrogens (tertiary/aromatic N) is 3. The summed E-state index contributed by atoms with van der Waals surface area (Å²) < 4.78 is 12.2. The number of hydrogen-bond acceptors (Lipinski definition) is 6. The van der Waals surface area contributed by atoms with Gasteiger partial charge in [0.25, 0.3) is 0 Å². The van der Waals surface area contributed by atoms with Gasteiger partial charge in [-0.2, -0.15) is 5.10 Å². The minimum atomic E-state index is -0.352. The molecule has 0 fully saturated rings. The van der Waals surface area contributed by atoms with Gasteiger partial charge in [0, 0.05) is 6.54 Å². The minimum absolute atomic E-state index is 0.111. The summed E-state index contributed by atoms with van der Waals surface area (Å²) in [7, 11) is 0. The Balaban J connectivity index is 1.72. The Morgan fingerprint density at radius 3 is 2.95 bits per heavy atom. The van der Waals surface area contributed by atoms with Gasteiger partial charge >= 0.3 is 5.97 Å². The van der Waals surface area contributed by atoms with Gasteiger partial charge in [-0.25, -0.2) is 9.67 Å². The molecule has 112 valence electrons. The van der Waals surface area contributed by atoms with Crippen LogP contribution >= 0.6 is 0 Å². The highest BCUT2D eigenvalue weighted by molar-refractivity contribution is 5.69. The molecule has 21 heavy (non-hydrogen) atoms. The molecule has 1 aromatic heterocycles. The number of ether oxygens (including phenoxy) is 2. The predicted octanol–water partition coefficient (Wildman–Crippen LogP) is 1.39. The lowest BCUT2D eigenvalue weighted by Crippen LogP contribution is -2.13. The zero-order chi connectivity index (χ0) is 15.1. The van der Waals surface area contributed by atoms with E-state index in [1.807, 2.05) is 19.1 Å². The first-order valence-corrected chi connectivity index (χ1v) is 6.70. The van der Waals surface area contributed by atoms with Crippen LogP contribution in [0.15, 0.2) is 30.6 Å². The highest BCUT2D eigenvalue weighted by atomic mass is 16.5. The van der Waals surface area contributed by atoms with Gasteiger partial charge in [0.15, 0.2) is 12.4 Å². The third-order valence-electron chi connectivity index (χ3n) is 2.84. The van der Waals surface area contributed by atoms with E-state index in [-0.39, 0.29) is 25.6 Å². The number of benzene rings is 1. The Morgan fingerprint density at radius 2 is 2.19 bits per heavy atom. The molecule has 1 aromatic carbocycles. The number of nitrogen functional groups attached to an aromatic ring is 1. The first-order chi connectivity index (χ1) is 10.2. The topological polar surface area (TPSA) is 92.3 Å². The third-order valence-corrected chi connectivity index (χ3v) is 2.84. The number of para-hydroxylation sites is 2. The zero-order valence-electron chi connectivity index (χ0n) is 11.9. The third kappa shape index (κ3) is 4.20. The quantitative estimate of drug-likeness (QED) is 0.612. The predicted molar refractivity (Wildman–Crippen MR) is 76.5 cm³/mol. The Hall–Kier alpha value is -2.57. The van der Waals surface area contributed by atoms with Gasteiger partial charge in [-0.15, -0.1) is 0 Å². The van der Waals surface area contributed by atoms with E-state index < -0.39 is 0 Å². The van der Waals surface area contributed by atoms with Crippen LogP contribution in [0, 0.1) is 0 Å². The smallest absolute Gasteiger partial charge is 0.309 e. The van der Waals surface area contributed by atoms with Crippen LogP contribution in [0.2, 0.25) is 0 Å². The molecule has 7 nitrogen and oxygen atoms in total. The van der Waals surface area contributed by atoms with E-state index in [0.717, 1.165) is 0 Å². The number of rotatable bonds is 7. The molecule has 1 heterocycles. The summed E-state index contributed by atoms with van der Waals surface area (Å²) in [5.41, 5.74) is 6.28. The molecule has 2 N–H and O–H groups in total. The van der Waals surface area contributed by atoms with Gasteiger partial charge in [-0.3, -0.25) is 4.79 Å². The molecule has 2 rings (SSSR count). The Labute approximate surface area is 122 Å². The fraction of sp³-hybridized carbons (Fsp3) is 0.357. The number of esters is 1. The van der Waals surface area contributed by atoms with Crippen LogP contribution in [-0.4, -0.2) is 27.3 Å². The SMILES string of the molecule is CCn1ncnc1COC(=O)CCOc1ccccc1N. The summed E-state index contributed by atoms with van der Waals surface area (Å²) in [5, 5.41) is 4.00. The molecule has 7 heteroatoms. The van der Waals surface area contributed by atoms with Crippen molar-refractivity contribution < 1.29 is 14.3 Å². The molecule has 0 bridgehead atoms. The second-order valence-electron chi connectivity index (χ2n) is 4.29. The monoisotopic (exact) mass is 290 g/mol. The minimum Gasteiger partial charge on any atom is -0.491 e. The molecular weight excluding hydrogens is 272 g/mol. The fourth-order valence-corrected chi connectivity index (χ4v) is 1.74. The molecule has 0 spiro atoms. The lowest BCUT2D eigenvalue weighted by atomic mass is 10.3. The molecule has 0 saturated carbocycles. The van der Waals surface area contributed by atoms with Crippen molar-refractivity contribution in [3.05, 3.63) is 36.4 Å². The molecular formula is C14H18N4O3. The molecule has 0 aliphatic heterocycles. The van der Waals surface area contributed by atoms with Crippen LogP contribution in [0.5, 0.6) is 5.75 Å².